The lowest BCUT2D eigenvalue weighted by atomic mass is 9.88. The van der Waals surface area contributed by atoms with Gasteiger partial charge in [-0.15, -0.1) is 0 Å². The largest absolute Gasteiger partial charge is 0.507 e. The van der Waals surface area contributed by atoms with Gasteiger partial charge in [0.15, 0.2) is 0 Å². The second kappa shape index (κ2) is 10.4. The molecule has 38 heavy (non-hydrogen) atoms. The molecule has 0 radical (unpaired) electrons. The van der Waals surface area contributed by atoms with Crippen molar-refractivity contribution in [3.63, 3.8) is 0 Å². The maximum Gasteiger partial charge on any atom is 0.122 e. The highest BCUT2D eigenvalue weighted by atomic mass is 16.3. The molecule has 4 aromatic carbocycles. The van der Waals surface area contributed by atoms with Crippen LogP contribution < -0.4 is 0 Å². The first-order valence-corrected chi connectivity index (χ1v) is 13.6. The monoisotopic (exact) mass is 508 g/mol. The van der Waals surface area contributed by atoms with Crippen molar-refractivity contribution in [1.29, 1.82) is 0 Å². The van der Waals surface area contributed by atoms with Gasteiger partial charge in [0.05, 0.1) is 0 Å². The van der Waals surface area contributed by atoms with Crippen LogP contribution in [0.15, 0.2) is 54.6 Å². The van der Waals surface area contributed by atoms with E-state index < -0.39 is 0 Å². The van der Waals surface area contributed by atoms with Crippen LogP contribution in [-0.4, -0.2) is 20.4 Å². The van der Waals surface area contributed by atoms with Gasteiger partial charge in [-0.3, -0.25) is 0 Å². The van der Waals surface area contributed by atoms with Gasteiger partial charge in [-0.05, 0) is 80.5 Å². The molecule has 0 atom stereocenters. The first kappa shape index (κ1) is 25.7. The number of hydrogen-bond acceptors (Lipinski definition) is 4. The predicted molar refractivity (Wildman–Crippen MR) is 152 cm³/mol. The number of aromatic hydroxyl groups is 4. The molecule has 0 spiro atoms. The van der Waals surface area contributed by atoms with E-state index in [1.807, 2.05) is 54.6 Å². The van der Waals surface area contributed by atoms with Crippen LogP contribution in [0.1, 0.15) is 82.0 Å². The lowest BCUT2D eigenvalue weighted by Gasteiger charge is -2.19. The van der Waals surface area contributed by atoms with Crippen LogP contribution in [-0.2, 0) is 44.9 Å². The first-order chi connectivity index (χ1) is 18.3. The van der Waals surface area contributed by atoms with Crippen molar-refractivity contribution in [2.75, 3.05) is 0 Å². The standard InChI is InChI=1S/C34H36O4/c1-4-20-10-25-16-23-8-7-9-24(31(23)35)17-26-11-21(5-2)13-28(33(26)37)19-30-15-22(6-3)14-29(34(30)38)18-27(12-20)32(25)36/h7-15,35-38H,4-6,16-19H2,1-3H3. The zero-order valence-corrected chi connectivity index (χ0v) is 22.4. The average molecular weight is 509 g/mol. The molecule has 0 saturated carbocycles. The van der Waals surface area contributed by atoms with Crippen molar-refractivity contribution < 1.29 is 20.4 Å². The fourth-order valence-corrected chi connectivity index (χ4v) is 5.67. The van der Waals surface area contributed by atoms with Crippen molar-refractivity contribution >= 4 is 0 Å². The third-order valence-corrected chi connectivity index (χ3v) is 7.93. The molecule has 5 rings (SSSR count). The third kappa shape index (κ3) is 4.83. The molecule has 0 unspecified atom stereocenters. The van der Waals surface area contributed by atoms with Crippen LogP contribution in [0.25, 0.3) is 0 Å². The summed E-state index contributed by atoms with van der Waals surface area (Å²) in [5.74, 6) is 0.818. The molecule has 0 aliphatic heterocycles. The van der Waals surface area contributed by atoms with E-state index in [0.717, 1.165) is 80.5 Å². The molecular formula is C34H36O4. The van der Waals surface area contributed by atoms with Crippen LogP contribution in [0, 0.1) is 0 Å². The summed E-state index contributed by atoms with van der Waals surface area (Å²) in [5.41, 5.74) is 9.31. The van der Waals surface area contributed by atoms with E-state index in [1.165, 1.54) is 0 Å². The van der Waals surface area contributed by atoms with E-state index in [0.29, 0.717) is 25.7 Å². The Kier molecular flexibility index (Phi) is 7.07. The number of rotatable bonds is 3. The Morgan fingerprint density at radius 3 is 0.921 bits per heavy atom. The second-order valence-corrected chi connectivity index (χ2v) is 10.5. The molecule has 4 N–H and O–H groups in total. The molecule has 4 heteroatoms. The minimum absolute atomic E-state index is 0.195. The number of aryl methyl sites for hydroxylation is 3. The molecule has 4 nitrogen and oxygen atoms in total. The highest BCUT2D eigenvalue weighted by molar-refractivity contribution is 5.56. The fourth-order valence-electron chi connectivity index (χ4n) is 5.67. The number of fused-ring (bicyclic) bond motifs is 8. The molecule has 0 aromatic heterocycles. The molecule has 1 aliphatic rings. The zero-order valence-electron chi connectivity index (χ0n) is 22.4. The van der Waals surface area contributed by atoms with Crippen LogP contribution in [0.4, 0.5) is 0 Å². The van der Waals surface area contributed by atoms with Gasteiger partial charge < -0.3 is 20.4 Å². The summed E-state index contributed by atoms with van der Waals surface area (Å²) in [5, 5.41) is 45.4. The molecule has 0 heterocycles. The predicted octanol–water partition coefficient (Wildman–Crippen LogP) is 6.87. The summed E-state index contributed by atoms with van der Waals surface area (Å²) in [6.45, 7) is 6.26. The van der Waals surface area contributed by atoms with Crippen LogP contribution in [0.3, 0.4) is 0 Å². The van der Waals surface area contributed by atoms with E-state index in [9.17, 15) is 20.4 Å². The average Bonchev–Trinajstić information content (AvgIpc) is 2.91. The van der Waals surface area contributed by atoms with Crippen LogP contribution >= 0.6 is 0 Å². The Bertz CT molecular complexity index is 1410. The number of phenols is 4. The van der Waals surface area contributed by atoms with Crippen molar-refractivity contribution in [3.05, 3.63) is 116 Å². The van der Waals surface area contributed by atoms with Crippen molar-refractivity contribution in [2.45, 2.75) is 65.7 Å². The minimum Gasteiger partial charge on any atom is -0.507 e. The van der Waals surface area contributed by atoms with Gasteiger partial charge in [0.1, 0.15) is 23.0 Å². The fraction of sp³-hybridized carbons (Fsp3) is 0.294. The normalized spacial score (nSPS) is 12.9. The van der Waals surface area contributed by atoms with Gasteiger partial charge in [-0.25, -0.2) is 0 Å². The molecular weight excluding hydrogens is 472 g/mol. The smallest absolute Gasteiger partial charge is 0.122 e. The van der Waals surface area contributed by atoms with Crippen molar-refractivity contribution in [3.8, 4) is 23.0 Å². The highest BCUT2D eigenvalue weighted by Crippen LogP contribution is 2.38. The summed E-state index contributed by atoms with van der Waals surface area (Å²) < 4.78 is 0. The Morgan fingerprint density at radius 1 is 0.421 bits per heavy atom. The zero-order chi connectivity index (χ0) is 27.0. The van der Waals surface area contributed by atoms with Gasteiger partial charge in [-0.1, -0.05) is 75.4 Å². The molecule has 0 fully saturated rings. The molecule has 196 valence electrons. The Morgan fingerprint density at radius 2 is 0.658 bits per heavy atom. The van der Waals surface area contributed by atoms with E-state index >= 15 is 0 Å². The number of phenolic OH excluding ortho intramolecular Hbond substituents is 4. The Hall–Kier alpha value is -3.92. The summed E-state index contributed by atoms with van der Waals surface area (Å²) >= 11 is 0. The van der Waals surface area contributed by atoms with Gasteiger partial charge in [0.25, 0.3) is 0 Å². The minimum atomic E-state index is 0.195. The van der Waals surface area contributed by atoms with E-state index in [2.05, 4.69) is 20.8 Å². The van der Waals surface area contributed by atoms with E-state index in [1.54, 1.807) is 0 Å². The summed E-state index contributed by atoms with van der Waals surface area (Å²) in [6, 6.07) is 17.8. The van der Waals surface area contributed by atoms with Crippen molar-refractivity contribution in [2.24, 2.45) is 0 Å². The summed E-state index contributed by atoms with van der Waals surface area (Å²) in [7, 11) is 0. The van der Waals surface area contributed by atoms with Gasteiger partial charge in [0.2, 0.25) is 0 Å². The number of benzene rings is 4. The molecule has 0 saturated heterocycles. The van der Waals surface area contributed by atoms with Gasteiger partial charge in [0, 0.05) is 25.7 Å². The second-order valence-electron chi connectivity index (χ2n) is 10.5. The third-order valence-electron chi connectivity index (χ3n) is 7.93. The molecule has 1 aliphatic carbocycles. The van der Waals surface area contributed by atoms with Gasteiger partial charge in [-0.2, -0.15) is 0 Å². The van der Waals surface area contributed by atoms with E-state index in [4.69, 9.17) is 0 Å². The lowest BCUT2D eigenvalue weighted by molar-refractivity contribution is 0.450. The maximum atomic E-state index is 11.4. The summed E-state index contributed by atoms with van der Waals surface area (Å²) in [6.07, 6.45) is 3.97. The quantitative estimate of drug-likeness (QED) is 0.214. The van der Waals surface area contributed by atoms with E-state index in [-0.39, 0.29) is 23.0 Å². The number of para-hydroxylation sites is 1. The molecule has 4 aromatic rings. The van der Waals surface area contributed by atoms with Gasteiger partial charge >= 0.3 is 0 Å². The van der Waals surface area contributed by atoms with Crippen LogP contribution in [0.5, 0.6) is 23.0 Å². The number of hydrogen-bond donors (Lipinski definition) is 4. The lowest BCUT2D eigenvalue weighted by Crippen LogP contribution is -2.03. The SMILES string of the molecule is CCc1cc2c(O)c(c1)Cc1cc(CC)cc(c1O)Cc1cc(CC)cc(c1O)Cc1cccc(c1O)C2. The Labute approximate surface area is 224 Å². The van der Waals surface area contributed by atoms with Crippen LogP contribution in [0.2, 0.25) is 0 Å². The first-order valence-electron chi connectivity index (χ1n) is 13.6. The maximum absolute atomic E-state index is 11.4. The van der Waals surface area contributed by atoms with Crippen molar-refractivity contribution in [1.82, 2.24) is 0 Å². The topological polar surface area (TPSA) is 80.9 Å². The molecule has 8 bridgehead atoms. The highest BCUT2D eigenvalue weighted by Gasteiger charge is 2.20. The Balaban J connectivity index is 1.78. The summed E-state index contributed by atoms with van der Waals surface area (Å²) in [4.78, 5) is 0. The molecule has 0 amide bonds.